The molecule has 6 nitrogen and oxygen atoms in total. The molecule has 0 radical (unpaired) electrons. The van der Waals surface area contributed by atoms with Crippen LogP contribution in [0.5, 0.6) is 0 Å². The molecule has 170 valence electrons. The summed E-state index contributed by atoms with van der Waals surface area (Å²) in [7, 11) is 0. The molecule has 2 aromatic carbocycles. The first kappa shape index (κ1) is 22.9. The molecule has 2 aromatic heterocycles. The highest BCUT2D eigenvalue weighted by atomic mass is 35.5. The van der Waals surface area contributed by atoms with Crippen LogP contribution in [-0.2, 0) is 6.42 Å². The molecule has 0 saturated carbocycles. The maximum absolute atomic E-state index is 13.4. The summed E-state index contributed by atoms with van der Waals surface area (Å²) >= 11 is 0. The molecule has 0 aliphatic carbocycles. The minimum atomic E-state index is -0.253. The van der Waals surface area contributed by atoms with E-state index in [1.54, 1.807) is 24.5 Å². The van der Waals surface area contributed by atoms with Gasteiger partial charge in [-0.3, -0.25) is 15.0 Å². The van der Waals surface area contributed by atoms with Crippen molar-refractivity contribution in [2.75, 3.05) is 31.1 Å². The van der Waals surface area contributed by atoms with Gasteiger partial charge >= 0.3 is 0 Å². The highest BCUT2D eigenvalue weighted by Gasteiger charge is 2.27. The third-order valence-corrected chi connectivity index (χ3v) is 6.03. The summed E-state index contributed by atoms with van der Waals surface area (Å²) < 4.78 is 13.4. The molecule has 0 spiro atoms. The van der Waals surface area contributed by atoms with Crippen LogP contribution in [0, 0.1) is 5.82 Å². The van der Waals surface area contributed by atoms with Crippen LogP contribution >= 0.6 is 12.4 Å². The first-order valence-electron chi connectivity index (χ1n) is 10.9. The third-order valence-electron chi connectivity index (χ3n) is 6.03. The van der Waals surface area contributed by atoms with Gasteiger partial charge in [-0.2, -0.15) is 5.10 Å². The lowest BCUT2D eigenvalue weighted by Crippen LogP contribution is -2.48. The number of H-pyrrole nitrogens is 1. The zero-order valence-electron chi connectivity index (χ0n) is 18.1. The van der Waals surface area contributed by atoms with E-state index in [1.165, 1.54) is 23.3 Å². The number of nitrogens with one attached hydrogen (secondary N) is 1. The van der Waals surface area contributed by atoms with Crippen molar-refractivity contribution >= 4 is 18.2 Å². The lowest BCUT2D eigenvalue weighted by atomic mass is 9.99. The van der Waals surface area contributed by atoms with Gasteiger partial charge in [0.05, 0.1) is 6.20 Å². The van der Waals surface area contributed by atoms with E-state index in [9.17, 15) is 4.39 Å². The van der Waals surface area contributed by atoms with Gasteiger partial charge in [-0.25, -0.2) is 9.37 Å². The Morgan fingerprint density at radius 2 is 1.64 bits per heavy atom. The first-order chi connectivity index (χ1) is 15.8. The maximum Gasteiger partial charge on any atom is 0.155 e. The Morgan fingerprint density at radius 3 is 2.33 bits per heavy atom. The minimum absolute atomic E-state index is 0. The Hall–Kier alpha value is -3.29. The van der Waals surface area contributed by atoms with E-state index in [0.717, 1.165) is 49.7 Å². The highest BCUT2D eigenvalue weighted by molar-refractivity contribution is 5.85. The van der Waals surface area contributed by atoms with Crippen molar-refractivity contribution in [3.8, 4) is 11.3 Å². The SMILES string of the molecule is Cl.Fc1ccc(-c2nccnc2N2CCN(C(Cc3ccccc3)c3cn[nH]c3)CC2)cc1. The maximum atomic E-state index is 13.4. The molecular formula is C25H26ClFN6. The molecule has 8 heteroatoms. The second-order valence-electron chi connectivity index (χ2n) is 8.00. The number of anilines is 1. The van der Waals surface area contributed by atoms with Crippen LogP contribution < -0.4 is 4.90 Å². The summed E-state index contributed by atoms with van der Waals surface area (Å²) in [6, 6.07) is 17.3. The van der Waals surface area contributed by atoms with E-state index >= 15 is 0 Å². The van der Waals surface area contributed by atoms with E-state index in [2.05, 4.69) is 60.3 Å². The number of hydrogen-bond donors (Lipinski definition) is 1. The first-order valence-corrected chi connectivity index (χ1v) is 10.9. The van der Waals surface area contributed by atoms with Gasteiger partial charge in [-0.1, -0.05) is 30.3 Å². The minimum Gasteiger partial charge on any atom is -0.352 e. The summed E-state index contributed by atoms with van der Waals surface area (Å²) in [5, 5.41) is 7.15. The molecule has 33 heavy (non-hydrogen) atoms. The van der Waals surface area contributed by atoms with Crippen molar-refractivity contribution < 1.29 is 4.39 Å². The molecule has 1 saturated heterocycles. The zero-order chi connectivity index (χ0) is 21.8. The summed E-state index contributed by atoms with van der Waals surface area (Å²) in [6.07, 6.45) is 8.27. The quantitative estimate of drug-likeness (QED) is 0.454. The van der Waals surface area contributed by atoms with E-state index in [4.69, 9.17) is 0 Å². The van der Waals surface area contributed by atoms with Gasteiger partial charge in [0.1, 0.15) is 11.5 Å². The third kappa shape index (κ3) is 5.21. The number of piperazine rings is 1. The Bertz CT molecular complexity index is 1130. The second kappa shape index (κ2) is 10.6. The standard InChI is InChI=1S/C25H25FN6.ClH/c26-22-8-6-20(7-9-22)24-25(28-11-10-27-24)32-14-12-31(13-15-32)23(21-17-29-30-18-21)16-19-4-2-1-3-5-19;/h1-11,17-18,23H,12-16H2,(H,29,30);1H. The van der Waals surface area contributed by atoms with Crippen LogP contribution in [0.25, 0.3) is 11.3 Å². The van der Waals surface area contributed by atoms with Crippen LogP contribution in [0.3, 0.4) is 0 Å². The van der Waals surface area contributed by atoms with Crippen molar-refractivity contribution in [3.05, 3.63) is 96.3 Å². The highest BCUT2D eigenvalue weighted by Crippen LogP contribution is 2.30. The monoisotopic (exact) mass is 464 g/mol. The van der Waals surface area contributed by atoms with Gasteiger partial charge in [-0.15, -0.1) is 12.4 Å². The zero-order valence-corrected chi connectivity index (χ0v) is 19.0. The molecular weight excluding hydrogens is 439 g/mol. The van der Waals surface area contributed by atoms with Gasteiger partial charge in [0, 0.05) is 61.9 Å². The van der Waals surface area contributed by atoms with Crippen molar-refractivity contribution in [2.45, 2.75) is 12.5 Å². The average Bonchev–Trinajstić information content (AvgIpc) is 3.39. The Labute approximate surface area is 198 Å². The summed E-state index contributed by atoms with van der Waals surface area (Å²) in [4.78, 5) is 14.0. The van der Waals surface area contributed by atoms with E-state index in [1.807, 2.05) is 12.4 Å². The smallest absolute Gasteiger partial charge is 0.155 e. The Kier molecular flexibility index (Phi) is 7.32. The molecule has 1 atom stereocenters. The number of aromatic nitrogens is 4. The normalized spacial score (nSPS) is 15.1. The molecule has 1 fully saturated rings. The second-order valence-corrected chi connectivity index (χ2v) is 8.00. The lowest BCUT2D eigenvalue weighted by Gasteiger charge is -2.40. The van der Waals surface area contributed by atoms with Gasteiger partial charge in [-0.05, 0) is 36.2 Å². The summed E-state index contributed by atoms with van der Waals surface area (Å²) in [5.41, 5.74) is 4.18. The fraction of sp³-hybridized carbons (Fsp3) is 0.240. The van der Waals surface area contributed by atoms with Crippen LogP contribution in [0.1, 0.15) is 17.2 Å². The summed E-state index contributed by atoms with van der Waals surface area (Å²) in [6.45, 7) is 3.50. The predicted octanol–water partition coefficient (Wildman–Crippen LogP) is 4.53. The van der Waals surface area contributed by atoms with Crippen LogP contribution in [0.2, 0.25) is 0 Å². The van der Waals surface area contributed by atoms with E-state index in [-0.39, 0.29) is 24.3 Å². The molecule has 5 rings (SSSR count). The van der Waals surface area contributed by atoms with Gasteiger partial charge in [0.15, 0.2) is 5.82 Å². The molecule has 3 heterocycles. The fourth-order valence-corrected chi connectivity index (χ4v) is 4.36. The predicted molar refractivity (Wildman–Crippen MR) is 130 cm³/mol. The van der Waals surface area contributed by atoms with Gasteiger partial charge < -0.3 is 4.90 Å². The van der Waals surface area contributed by atoms with Crippen LogP contribution in [0.15, 0.2) is 79.4 Å². The molecule has 0 bridgehead atoms. The summed E-state index contributed by atoms with van der Waals surface area (Å²) in [5.74, 6) is 0.596. The molecule has 1 N–H and O–H groups in total. The Balaban J connectivity index is 0.00000259. The van der Waals surface area contributed by atoms with Crippen molar-refractivity contribution in [3.63, 3.8) is 0 Å². The van der Waals surface area contributed by atoms with Crippen LogP contribution in [-0.4, -0.2) is 51.2 Å². The van der Waals surface area contributed by atoms with Crippen molar-refractivity contribution in [2.24, 2.45) is 0 Å². The number of aromatic amines is 1. The van der Waals surface area contributed by atoms with Crippen LogP contribution in [0.4, 0.5) is 10.2 Å². The fourth-order valence-electron chi connectivity index (χ4n) is 4.36. The van der Waals surface area contributed by atoms with E-state index < -0.39 is 0 Å². The molecule has 1 aliphatic heterocycles. The number of halogens is 2. The largest absolute Gasteiger partial charge is 0.352 e. The Morgan fingerprint density at radius 1 is 0.909 bits per heavy atom. The molecule has 4 aromatic rings. The number of benzene rings is 2. The number of hydrogen-bond acceptors (Lipinski definition) is 5. The topological polar surface area (TPSA) is 60.9 Å². The average molecular weight is 465 g/mol. The molecule has 0 amide bonds. The molecule has 1 unspecified atom stereocenters. The molecule has 1 aliphatic rings. The van der Waals surface area contributed by atoms with Gasteiger partial charge in [0.25, 0.3) is 0 Å². The number of rotatable bonds is 6. The van der Waals surface area contributed by atoms with E-state index in [0.29, 0.717) is 0 Å². The van der Waals surface area contributed by atoms with Crippen molar-refractivity contribution in [1.82, 2.24) is 25.1 Å². The van der Waals surface area contributed by atoms with Gasteiger partial charge in [0.2, 0.25) is 0 Å². The number of nitrogens with zero attached hydrogens (tertiary/aromatic N) is 5. The lowest BCUT2D eigenvalue weighted by molar-refractivity contribution is 0.184. The van der Waals surface area contributed by atoms with Crippen molar-refractivity contribution in [1.29, 1.82) is 0 Å².